The van der Waals surface area contributed by atoms with Crippen molar-refractivity contribution in [2.75, 3.05) is 42.3 Å². The molecule has 0 saturated carbocycles. The summed E-state index contributed by atoms with van der Waals surface area (Å²) in [6, 6.07) is 13.9. The van der Waals surface area contributed by atoms with Crippen molar-refractivity contribution >= 4 is 39.8 Å². The molecule has 3 N–H and O–H groups in total. The third-order valence-electron chi connectivity index (χ3n) is 6.32. The molecule has 0 atom stereocenters. The Kier molecular flexibility index (Phi) is 7.74. The summed E-state index contributed by atoms with van der Waals surface area (Å²) in [7, 11) is 0. The molecule has 0 radical (unpaired) electrons. The number of morpholine rings is 1. The Bertz CT molecular complexity index is 1560. The van der Waals surface area contributed by atoms with E-state index in [9.17, 15) is 18.0 Å². The highest BCUT2D eigenvalue weighted by molar-refractivity contribution is 6.05. The van der Waals surface area contributed by atoms with E-state index in [1.54, 1.807) is 36.7 Å². The molecule has 4 aromatic rings. The maximum Gasteiger partial charge on any atom is 0.416 e. The van der Waals surface area contributed by atoms with E-state index in [4.69, 9.17) is 10.5 Å². The monoisotopic (exact) mass is 546 g/mol. The van der Waals surface area contributed by atoms with E-state index in [1.807, 2.05) is 12.1 Å². The zero-order valence-corrected chi connectivity index (χ0v) is 21.2. The Balaban J connectivity index is 1.41. The first-order valence-corrected chi connectivity index (χ1v) is 12.5. The average molecular weight is 547 g/mol. The smallest absolute Gasteiger partial charge is 0.378 e. The summed E-state index contributed by atoms with van der Waals surface area (Å²) < 4.78 is 44.8. The summed E-state index contributed by atoms with van der Waals surface area (Å²) in [5.74, 6) is 0.448. The molecule has 3 heterocycles. The van der Waals surface area contributed by atoms with E-state index in [0.717, 1.165) is 31.0 Å². The lowest BCUT2D eigenvalue weighted by atomic mass is 9.97. The minimum Gasteiger partial charge on any atom is -0.378 e. The predicted molar refractivity (Wildman–Crippen MR) is 148 cm³/mol. The quantitative estimate of drug-likeness (QED) is 0.256. The Morgan fingerprint density at radius 2 is 1.73 bits per heavy atom. The number of halogens is 3. The van der Waals surface area contributed by atoms with E-state index in [0.29, 0.717) is 46.5 Å². The van der Waals surface area contributed by atoms with Crippen LogP contribution >= 0.6 is 0 Å². The number of amides is 1. The molecule has 1 fully saturated rings. The van der Waals surface area contributed by atoms with Gasteiger partial charge in [0, 0.05) is 42.5 Å². The molecule has 0 aliphatic carbocycles. The zero-order valence-electron chi connectivity index (χ0n) is 21.2. The van der Waals surface area contributed by atoms with Gasteiger partial charge in [0.15, 0.2) is 0 Å². The number of ether oxygens (including phenoxy) is 1. The van der Waals surface area contributed by atoms with Gasteiger partial charge in [-0.1, -0.05) is 36.4 Å². The first kappa shape index (κ1) is 26.8. The normalized spacial score (nSPS) is 14.6. The Morgan fingerprint density at radius 3 is 2.42 bits per heavy atom. The van der Waals surface area contributed by atoms with E-state index >= 15 is 0 Å². The van der Waals surface area contributed by atoms with Crippen LogP contribution in [0.3, 0.4) is 0 Å². The molecule has 1 amide bonds. The number of para-hydroxylation sites is 1. The second-order valence-corrected chi connectivity index (χ2v) is 8.98. The van der Waals surface area contributed by atoms with E-state index in [1.165, 1.54) is 24.3 Å². The van der Waals surface area contributed by atoms with Crippen LogP contribution in [0.2, 0.25) is 0 Å². The number of fused-ring (bicyclic) bond motifs is 1. The molecule has 2 aromatic heterocycles. The molecule has 1 aliphatic heterocycles. The van der Waals surface area contributed by atoms with Gasteiger partial charge in [0.05, 0.1) is 30.0 Å². The topological polar surface area (TPSA) is 106 Å². The molecule has 1 saturated heterocycles. The number of hydrogen-bond donors (Lipinski definition) is 2. The van der Waals surface area contributed by atoms with Crippen LogP contribution in [0.4, 0.5) is 30.6 Å². The molecule has 2 aromatic carbocycles. The Hall–Kier alpha value is -4.77. The van der Waals surface area contributed by atoms with Gasteiger partial charge < -0.3 is 20.7 Å². The van der Waals surface area contributed by atoms with Crippen LogP contribution in [0.15, 0.2) is 85.2 Å². The number of nitrogens with one attached hydrogen (secondary N) is 1. The largest absolute Gasteiger partial charge is 0.416 e. The third kappa shape index (κ3) is 6.26. The summed E-state index contributed by atoms with van der Waals surface area (Å²) in [4.78, 5) is 27.5. The van der Waals surface area contributed by atoms with Crippen LogP contribution in [0.25, 0.3) is 16.5 Å². The van der Waals surface area contributed by atoms with Crippen LogP contribution < -0.4 is 16.0 Å². The maximum absolute atomic E-state index is 13.1. The van der Waals surface area contributed by atoms with E-state index in [2.05, 4.69) is 25.2 Å². The Morgan fingerprint density at radius 1 is 0.975 bits per heavy atom. The number of alkyl halides is 3. The molecule has 0 bridgehead atoms. The molecule has 0 unspecified atom stereocenters. The van der Waals surface area contributed by atoms with Gasteiger partial charge in [-0.15, -0.1) is 0 Å². The molecule has 204 valence electrons. The van der Waals surface area contributed by atoms with Gasteiger partial charge in [0.2, 0.25) is 11.9 Å². The molecule has 11 heteroatoms. The fraction of sp³-hybridized carbons (Fsp3) is 0.172. The van der Waals surface area contributed by atoms with Crippen LogP contribution in [0.5, 0.6) is 0 Å². The summed E-state index contributed by atoms with van der Waals surface area (Å²) in [5, 5.41) is 3.50. The minimum atomic E-state index is -4.45. The number of nitrogen functional groups attached to an aromatic ring is 1. The fourth-order valence-corrected chi connectivity index (χ4v) is 4.30. The first-order chi connectivity index (χ1) is 19.3. The lowest BCUT2D eigenvalue weighted by molar-refractivity contribution is -0.137. The van der Waals surface area contributed by atoms with Gasteiger partial charge in [-0.25, -0.2) is 15.0 Å². The predicted octanol–water partition coefficient (Wildman–Crippen LogP) is 5.09. The highest BCUT2D eigenvalue weighted by Gasteiger charge is 2.30. The maximum atomic E-state index is 13.1. The van der Waals surface area contributed by atoms with Crippen molar-refractivity contribution < 1.29 is 22.7 Å². The number of rotatable bonds is 6. The summed E-state index contributed by atoms with van der Waals surface area (Å²) in [6.07, 6.45) is 3.31. The third-order valence-corrected chi connectivity index (χ3v) is 6.32. The molecule has 1 aliphatic rings. The summed E-state index contributed by atoms with van der Waals surface area (Å²) >= 11 is 0. The van der Waals surface area contributed by atoms with Gasteiger partial charge in [-0.2, -0.15) is 13.2 Å². The number of anilines is 3. The number of nitrogens with two attached hydrogens (primary N) is 1. The van der Waals surface area contributed by atoms with Crippen molar-refractivity contribution in [3.8, 4) is 0 Å². The van der Waals surface area contributed by atoms with Crippen LogP contribution in [0.1, 0.15) is 16.7 Å². The molecule has 0 spiro atoms. The van der Waals surface area contributed by atoms with Gasteiger partial charge in [0.25, 0.3) is 0 Å². The van der Waals surface area contributed by atoms with Crippen molar-refractivity contribution in [2.45, 2.75) is 6.18 Å². The number of pyridine rings is 1. The lowest BCUT2D eigenvalue weighted by Gasteiger charge is -2.27. The van der Waals surface area contributed by atoms with Crippen LogP contribution in [-0.4, -0.2) is 47.2 Å². The highest BCUT2D eigenvalue weighted by atomic mass is 19.4. The minimum absolute atomic E-state index is 0.0853. The van der Waals surface area contributed by atoms with Crippen molar-refractivity contribution in [1.29, 1.82) is 0 Å². The molecular formula is C29H25F3N6O2. The Labute approximate surface area is 228 Å². The molecule has 5 rings (SSSR count). The van der Waals surface area contributed by atoms with Gasteiger partial charge in [0.1, 0.15) is 5.82 Å². The fourth-order valence-electron chi connectivity index (χ4n) is 4.30. The summed E-state index contributed by atoms with van der Waals surface area (Å²) in [6.45, 7) is 2.68. The van der Waals surface area contributed by atoms with Crippen molar-refractivity contribution in [2.24, 2.45) is 0 Å². The van der Waals surface area contributed by atoms with Crippen LogP contribution in [0, 0.1) is 0 Å². The number of carbonyl (C=O) groups is 1. The number of benzene rings is 2. The van der Waals surface area contributed by atoms with E-state index in [-0.39, 0.29) is 5.95 Å². The number of carbonyl (C=O) groups excluding carboxylic acids is 1. The number of hydrogen-bond acceptors (Lipinski definition) is 7. The molecule has 8 nitrogen and oxygen atoms in total. The standard InChI is InChI=1S/C29H25F3N6O2/c30-29(31,32)22-10-7-19(8-11-22)23(20-9-12-25(34-17-20)38-13-15-40-16-14-38)4-2-6-26(39)36-24-5-1-3-21-18-35-28(33)37-27(21)24/h1-12,17-18H,13-16H2,(H,36,39)(H2,33,35,37)/b6-2+,23-4+. The zero-order chi connectivity index (χ0) is 28.1. The molecule has 40 heavy (non-hydrogen) atoms. The number of aromatic nitrogens is 3. The van der Waals surface area contributed by atoms with E-state index < -0.39 is 17.6 Å². The van der Waals surface area contributed by atoms with Gasteiger partial charge in [-0.05, 0) is 41.5 Å². The van der Waals surface area contributed by atoms with Crippen molar-refractivity contribution in [3.63, 3.8) is 0 Å². The van der Waals surface area contributed by atoms with Crippen molar-refractivity contribution in [1.82, 2.24) is 15.0 Å². The average Bonchev–Trinajstić information content (AvgIpc) is 2.96. The number of allylic oxidation sites excluding steroid dienone is 2. The van der Waals surface area contributed by atoms with Gasteiger partial charge >= 0.3 is 6.18 Å². The SMILES string of the molecule is Nc1ncc2cccc(NC(=O)/C=C/C=C(\c3ccc(C(F)(F)F)cc3)c3ccc(N4CCOCC4)nc3)c2n1. The first-order valence-electron chi connectivity index (χ1n) is 12.5. The highest BCUT2D eigenvalue weighted by Crippen LogP contribution is 2.32. The van der Waals surface area contributed by atoms with Gasteiger partial charge in [-0.3, -0.25) is 4.79 Å². The van der Waals surface area contributed by atoms with Crippen LogP contribution in [-0.2, 0) is 15.7 Å². The number of nitrogens with zero attached hydrogens (tertiary/aromatic N) is 4. The van der Waals surface area contributed by atoms with Crippen molar-refractivity contribution in [3.05, 3.63) is 102 Å². The second kappa shape index (κ2) is 11.5. The lowest BCUT2D eigenvalue weighted by Crippen LogP contribution is -2.36. The molecular weight excluding hydrogens is 521 g/mol. The summed E-state index contributed by atoms with van der Waals surface area (Å²) in [5.41, 5.74) is 7.75. The second-order valence-electron chi connectivity index (χ2n) is 8.98.